The fourth-order valence-electron chi connectivity index (χ4n) is 1.87. The van der Waals surface area contributed by atoms with Crippen molar-refractivity contribution in [2.75, 3.05) is 0 Å². The molecule has 4 N–H and O–H groups in total. The van der Waals surface area contributed by atoms with Crippen LogP contribution in [0.25, 0.3) is 0 Å². The SMILES string of the molecule is O=C(O)CC(CC(=O)O)(OC(=O)c1ccccc1OS(=O)(=O)O)C(=O)O. The van der Waals surface area contributed by atoms with Gasteiger partial charge in [0, 0.05) is 0 Å². The van der Waals surface area contributed by atoms with Crippen molar-refractivity contribution < 1.29 is 56.4 Å². The summed E-state index contributed by atoms with van der Waals surface area (Å²) in [6.45, 7) is 0. The van der Waals surface area contributed by atoms with Gasteiger partial charge in [-0.1, -0.05) is 12.1 Å². The van der Waals surface area contributed by atoms with E-state index in [9.17, 15) is 32.7 Å². The van der Waals surface area contributed by atoms with E-state index in [2.05, 4.69) is 8.92 Å². The molecule has 142 valence electrons. The van der Waals surface area contributed by atoms with Crippen LogP contribution in [0.15, 0.2) is 24.3 Å². The molecule has 0 aromatic heterocycles. The summed E-state index contributed by atoms with van der Waals surface area (Å²) in [7, 11) is -5.04. The molecule has 0 saturated carbocycles. The molecular formula is C13H12O12S. The van der Waals surface area contributed by atoms with E-state index in [-0.39, 0.29) is 0 Å². The van der Waals surface area contributed by atoms with Gasteiger partial charge in [0.1, 0.15) is 5.56 Å². The molecular weight excluding hydrogens is 380 g/mol. The minimum atomic E-state index is -5.04. The molecule has 0 unspecified atom stereocenters. The van der Waals surface area contributed by atoms with E-state index in [4.69, 9.17) is 14.8 Å². The molecule has 0 amide bonds. The number of hydrogen-bond donors (Lipinski definition) is 4. The van der Waals surface area contributed by atoms with Crippen molar-refractivity contribution in [3.63, 3.8) is 0 Å². The van der Waals surface area contributed by atoms with E-state index in [0.717, 1.165) is 12.1 Å². The van der Waals surface area contributed by atoms with Gasteiger partial charge in [0.25, 0.3) is 0 Å². The highest BCUT2D eigenvalue weighted by Crippen LogP contribution is 2.27. The molecule has 0 atom stereocenters. The van der Waals surface area contributed by atoms with Crippen LogP contribution in [0.3, 0.4) is 0 Å². The molecule has 13 heteroatoms. The highest BCUT2D eigenvalue weighted by Gasteiger charge is 2.47. The minimum absolute atomic E-state index is 0.688. The van der Waals surface area contributed by atoms with Gasteiger partial charge in [0.2, 0.25) is 5.60 Å². The third-order valence-corrected chi connectivity index (χ3v) is 3.24. The van der Waals surface area contributed by atoms with Gasteiger partial charge in [0.05, 0.1) is 12.8 Å². The lowest BCUT2D eigenvalue weighted by atomic mass is 9.95. The molecule has 1 aromatic rings. The Morgan fingerprint density at radius 3 is 1.88 bits per heavy atom. The number of ether oxygens (including phenoxy) is 1. The van der Waals surface area contributed by atoms with Crippen molar-refractivity contribution >= 4 is 34.3 Å². The van der Waals surface area contributed by atoms with E-state index < -0.39 is 64.0 Å². The largest absolute Gasteiger partial charge is 0.481 e. The summed E-state index contributed by atoms with van der Waals surface area (Å²) < 4.78 is 39.0. The van der Waals surface area contributed by atoms with Crippen molar-refractivity contribution in [3.8, 4) is 5.75 Å². The number of carboxylic acids is 3. The second kappa shape index (κ2) is 7.79. The first-order valence-corrected chi connectivity index (χ1v) is 7.89. The Morgan fingerprint density at radius 1 is 0.962 bits per heavy atom. The molecule has 26 heavy (non-hydrogen) atoms. The second-order valence-electron chi connectivity index (χ2n) is 4.84. The lowest BCUT2D eigenvalue weighted by Crippen LogP contribution is -2.47. The molecule has 0 aliphatic carbocycles. The zero-order valence-electron chi connectivity index (χ0n) is 12.7. The molecule has 0 heterocycles. The topological polar surface area (TPSA) is 202 Å². The summed E-state index contributed by atoms with van der Waals surface area (Å²) in [5, 5.41) is 26.8. The summed E-state index contributed by atoms with van der Waals surface area (Å²) in [5.41, 5.74) is -3.65. The third-order valence-electron chi connectivity index (χ3n) is 2.85. The van der Waals surface area contributed by atoms with Crippen LogP contribution in [0.2, 0.25) is 0 Å². The Hall–Kier alpha value is -3.19. The predicted molar refractivity (Wildman–Crippen MR) is 78.9 cm³/mol. The maximum Gasteiger partial charge on any atom is 0.446 e. The zero-order chi connectivity index (χ0) is 20.1. The van der Waals surface area contributed by atoms with E-state index >= 15 is 0 Å². The van der Waals surface area contributed by atoms with Gasteiger partial charge in [-0.2, -0.15) is 8.42 Å². The first-order valence-electron chi connectivity index (χ1n) is 6.52. The van der Waals surface area contributed by atoms with Crippen LogP contribution < -0.4 is 4.18 Å². The van der Waals surface area contributed by atoms with E-state index in [1.54, 1.807) is 0 Å². The Kier molecular flexibility index (Phi) is 6.25. The third kappa shape index (κ3) is 5.71. The number of esters is 1. The van der Waals surface area contributed by atoms with Gasteiger partial charge in [0.15, 0.2) is 5.75 Å². The normalized spacial score (nSPS) is 11.4. The van der Waals surface area contributed by atoms with Crippen LogP contribution in [-0.4, -0.2) is 57.8 Å². The van der Waals surface area contributed by atoms with Crippen molar-refractivity contribution in [2.45, 2.75) is 18.4 Å². The lowest BCUT2D eigenvalue weighted by Gasteiger charge is -2.26. The number of rotatable bonds is 9. The molecule has 0 aliphatic heterocycles. The number of para-hydroxylation sites is 1. The van der Waals surface area contributed by atoms with Crippen LogP contribution in [0.1, 0.15) is 23.2 Å². The average molecular weight is 392 g/mol. The molecule has 0 radical (unpaired) electrons. The van der Waals surface area contributed by atoms with E-state index in [0.29, 0.717) is 0 Å². The number of aliphatic carboxylic acids is 3. The molecule has 1 aromatic carbocycles. The molecule has 0 aliphatic rings. The number of carbonyl (C=O) groups excluding carboxylic acids is 1. The highest BCUT2D eigenvalue weighted by molar-refractivity contribution is 7.81. The van der Waals surface area contributed by atoms with E-state index in [1.807, 2.05) is 0 Å². The Labute approximate surface area is 145 Å². The highest BCUT2D eigenvalue weighted by atomic mass is 32.3. The van der Waals surface area contributed by atoms with Gasteiger partial charge in [-0.15, -0.1) is 0 Å². The fourth-order valence-corrected chi connectivity index (χ4v) is 2.24. The maximum absolute atomic E-state index is 12.2. The van der Waals surface area contributed by atoms with Gasteiger partial charge >= 0.3 is 34.3 Å². The van der Waals surface area contributed by atoms with Crippen molar-refractivity contribution in [3.05, 3.63) is 29.8 Å². The van der Waals surface area contributed by atoms with Gasteiger partial charge < -0.3 is 24.2 Å². The minimum Gasteiger partial charge on any atom is -0.481 e. The Balaban J connectivity index is 3.32. The molecule has 1 rings (SSSR count). The predicted octanol–water partition coefficient (Wildman–Crippen LogP) is -0.202. The zero-order valence-corrected chi connectivity index (χ0v) is 13.5. The lowest BCUT2D eigenvalue weighted by molar-refractivity contribution is -0.171. The van der Waals surface area contributed by atoms with Crippen LogP contribution in [-0.2, 0) is 29.5 Å². The van der Waals surface area contributed by atoms with Crippen LogP contribution in [0.4, 0.5) is 0 Å². The summed E-state index contributed by atoms with van der Waals surface area (Å²) in [6, 6.07) is 4.25. The average Bonchev–Trinajstić information content (AvgIpc) is 2.44. The molecule has 12 nitrogen and oxygen atoms in total. The summed E-state index contributed by atoms with van der Waals surface area (Å²) in [4.78, 5) is 45.4. The van der Waals surface area contributed by atoms with Gasteiger partial charge in [-0.05, 0) is 12.1 Å². The Morgan fingerprint density at radius 2 is 1.46 bits per heavy atom. The summed E-state index contributed by atoms with van der Waals surface area (Å²) >= 11 is 0. The van der Waals surface area contributed by atoms with Crippen LogP contribution in [0.5, 0.6) is 5.75 Å². The van der Waals surface area contributed by atoms with Crippen molar-refractivity contribution in [1.82, 2.24) is 0 Å². The first kappa shape index (κ1) is 20.9. The van der Waals surface area contributed by atoms with Gasteiger partial charge in [-0.3, -0.25) is 14.1 Å². The standard InChI is InChI=1S/C13H12O12S/c14-9(15)5-13(12(19)20,6-10(16)17)24-11(18)7-3-1-2-4-8(7)25-26(21,22)23/h1-4H,5-6H2,(H,14,15)(H,16,17)(H,19,20)(H,21,22,23). The summed E-state index contributed by atoms with van der Waals surface area (Å²) in [5.74, 6) is -7.88. The maximum atomic E-state index is 12.2. The van der Waals surface area contributed by atoms with E-state index in [1.165, 1.54) is 12.1 Å². The molecule has 0 fully saturated rings. The number of benzene rings is 1. The van der Waals surface area contributed by atoms with Crippen molar-refractivity contribution in [1.29, 1.82) is 0 Å². The quantitative estimate of drug-likeness (QED) is 0.319. The van der Waals surface area contributed by atoms with Gasteiger partial charge in [-0.25, -0.2) is 9.59 Å². The fraction of sp³-hybridized carbons (Fsp3) is 0.231. The molecule has 0 bridgehead atoms. The van der Waals surface area contributed by atoms with Crippen LogP contribution >= 0.6 is 0 Å². The first-order chi connectivity index (χ1) is 11.9. The monoisotopic (exact) mass is 392 g/mol. The Bertz CT molecular complexity index is 824. The second-order valence-corrected chi connectivity index (χ2v) is 5.86. The van der Waals surface area contributed by atoms with Crippen LogP contribution in [0, 0.1) is 0 Å². The number of carboxylic acid groups (broad SMARTS) is 3. The molecule has 0 spiro atoms. The number of carbonyl (C=O) groups is 4. The number of hydrogen-bond acceptors (Lipinski definition) is 8. The molecule has 0 saturated heterocycles. The smallest absolute Gasteiger partial charge is 0.446 e. The van der Waals surface area contributed by atoms with Crippen molar-refractivity contribution in [2.24, 2.45) is 0 Å². The summed E-state index contributed by atoms with van der Waals surface area (Å²) in [6.07, 6.45) is -2.75.